The van der Waals surface area contributed by atoms with Crippen molar-refractivity contribution in [1.29, 1.82) is 0 Å². The molecule has 0 aliphatic heterocycles. The second-order valence-electron chi connectivity index (χ2n) is 4.06. The Labute approximate surface area is 106 Å². The number of benzene rings is 1. The Balaban J connectivity index is 1.95. The van der Waals surface area contributed by atoms with Crippen LogP contribution >= 0.6 is 0 Å². The summed E-state index contributed by atoms with van der Waals surface area (Å²) in [6.07, 6.45) is 3.53. The molecule has 0 radical (unpaired) electrons. The summed E-state index contributed by atoms with van der Waals surface area (Å²) in [6.45, 7) is 0.378. The Morgan fingerprint density at radius 3 is 2.78 bits per heavy atom. The largest absolute Gasteiger partial charge is 0.347 e. The molecule has 1 amide bonds. The third-order valence-corrected chi connectivity index (χ3v) is 2.78. The molecule has 0 fully saturated rings. The highest BCUT2D eigenvalue weighted by atomic mass is 16.2. The summed E-state index contributed by atoms with van der Waals surface area (Å²) < 4.78 is 1.86. The van der Waals surface area contributed by atoms with Crippen molar-refractivity contribution in [2.75, 3.05) is 0 Å². The van der Waals surface area contributed by atoms with Crippen molar-refractivity contribution in [3.63, 3.8) is 0 Å². The number of rotatable bonds is 4. The number of aromatic nitrogens is 2. The topological polar surface area (TPSA) is 72.9 Å². The maximum atomic E-state index is 11.9. The normalized spacial score (nSPS) is 12.1. The van der Waals surface area contributed by atoms with E-state index in [-0.39, 0.29) is 5.91 Å². The number of carbonyl (C=O) groups excluding carboxylic acids is 1. The summed E-state index contributed by atoms with van der Waals surface area (Å²) in [7, 11) is 1.88. The Bertz CT molecular complexity index is 521. The summed E-state index contributed by atoms with van der Waals surface area (Å²) in [4.78, 5) is 16.0. The summed E-state index contributed by atoms with van der Waals surface area (Å²) in [6, 6.07) is 8.65. The molecule has 2 aromatic rings. The van der Waals surface area contributed by atoms with E-state index in [2.05, 4.69) is 10.3 Å². The molecule has 3 N–H and O–H groups in total. The van der Waals surface area contributed by atoms with E-state index in [0.717, 1.165) is 11.4 Å². The van der Waals surface area contributed by atoms with Crippen LogP contribution in [-0.2, 0) is 18.4 Å². The van der Waals surface area contributed by atoms with Crippen LogP contribution in [0.2, 0.25) is 0 Å². The van der Waals surface area contributed by atoms with E-state index < -0.39 is 6.04 Å². The van der Waals surface area contributed by atoms with Crippen molar-refractivity contribution in [2.24, 2.45) is 12.8 Å². The van der Waals surface area contributed by atoms with E-state index >= 15 is 0 Å². The molecule has 5 nitrogen and oxygen atoms in total. The Morgan fingerprint density at radius 1 is 1.44 bits per heavy atom. The number of amides is 1. The second-order valence-corrected chi connectivity index (χ2v) is 4.06. The highest BCUT2D eigenvalue weighted by Gasteiger charge is 2.15. The van der Waals surface area contributed by atoms with Gasteiger partial charge in [-0.2, -0.15) is 0 Å². The lowest BCUT2D eigenvalue weighted by Gasteiger charge is -2.12. The summed E-state index contributed by atoms with van der Waals surface area (Å²) in [5, 5.41) is 2.78. The Morgan fingerprint density at radius 2 is 2.17 bits per heavy atom. The molecule has 1 aromatic heterocycles. The quantitative estimate of drug-likeness (QED) is 0.833. The van der Waals surface area contributed by atoms with Crippen LogP contribution in [0.25, 0.3) is 0 Å². The van der Waals surface area contributed by atoms with Gasteiger partial charge in [0.05, 0.1) is 6.54 Å². The average molecular weight is 244 g/mol. The minimum atomic E-state index is -0.647. The molecule has 1 atom stereocenters. The molecule has 0 saturated heterocycles. The molecule has 0 bridgehead atoms. The first-order chi connectivity index (χ1) is 8.68. The number of imidazole rings is 1. The maximum Gasteiger partial charge on any atom is 0.241 e. The number of aryl methyl sites for hydroxylation is 1. The van der Waals surface area contributed by atoms with E-state index in [1.807, 2.05) is 48.1 Å². The van der Waals surface area contributed by atoms with E-state index in [1.165, 1.54) is 0 Å². The Hall–Kier alpha value is -2.14. The predicted molar refractivity (Wildman–Crippen MR) is 68.4 cm³/mol. The molecular formula is C13H16N4O. The first kappa shape index (κ1) is 12.3. The number of hydrogen-bond donors (Lipinski definition) is 2. The van der Waals surface area contributed by atoms with Gasteiger partial charge in [-0.05, 0) is 5.56 Å². The highest BCUT2D eigenvalue weighted by Crippen LogP contribution is 2.09. The van der Waals surface area contributed by atoms with Gasteiger partial charge in [0.15, 0.2) is 0 Å². The SMILES string of the molecule is Cn1ccnc1CNC(=O)[C@H](N)c1ccccc1. The first-order valence-corrected chi connectivity index (χ1v) is 5.73. The lowest BCUT2D eigenvalue weighted by molar-refractivity contribution is -0.122. The third-order valence-electron chi connectivity index (χ3n) is 2.78. The van der Waals surface area contributed by atoms with Crippen LogP contribution in [0.15, 0.2) is 42.7 Å². The molecule has 0 saturated carbocycles. The summed E-state index contributed by atoms with van der Waals surface area (Å²) in [5.41, 5.74) is 6.68. The first-order valence-electron chi connectivity index (χ1n) is 5.73. The monoisotopic (exact) mass is 244 g/mol. The molecular weight excluding hydrogens is 228 g/mol. The third kappa shape index (κ3) is 2.75. The smallest absolute Gasteiger partial charge is 0.241 e. The highest BCUT2D eigenvalue weighted by molar-refractivity contribution is 5.82. The minimum absolute atomic E-state index is 0.204. The summed E-state index contributed by atoms with van der Waals surface area (Å²) >= 11 is 0. The van der Waals surface area contributed by atoms with Gasteiger partial charge >= 0.3 is 0 Å². The van der Waals surface area contributed by atoms with Gasteiger partial charge in [-0.1, -0.05) is 30.3 Å². The molecule has 2 rings (SSSR count). The number of nitrogens with two attached hydrogens (primary N) is 1. The van der Waals surface area contributed by atoms with Gasteiger partial charge in [-0.3, -0.25) is 4.79 Å². The zero-order chi connectivity index (χ0) is 13.0. The fraction of sp³-hybridized carbons (Fsp3) is 0.231. The standard InChI is InChI=1S/C13H16N4O/c1-17-8-7-15-11(17)9-16-13(18)12(14)10-5-3-2-4-6-10/h2-8,12H,9,14H2,1H3,(H,16,18)/t12-/m1/s1. The van der Waals surface area contributed by atoms with Crippen molar-refractivity contribution in [3.8, 4) is 0 Å². The van der Waals surface area contributed by atoms with Crippen LogP contribution < -0.4 is 11.1 Å². The predicted octanol–water partition coefficient (Wildman–Crippen LogP) is 0.736. The molecule has 0 spiro atoms. The van der Waals surface area contributed by atoms with Gasteiger partial charge in [0, 0.05) is 19.4 Å². The number of carbonyl (C=O) groups is 1. The van der Waals surface area contributed by atoms with Crippen LogP contribution in [-0.4, -0.2) is 15.5 Å². The van der Waals surface area contributed by atoms with E-state index in [0.29, 0.717) is 6.54 Å². The Kier molecular flexibility index (Phi) is 3.74. The van der Waals surface area contributed by atoms with Crippen LogP contribution in [0.4, 0.5) is 0 Å². The molecule has 94 valence electrons. The number of hydrogen-bond acceptors (Lipinski definition) is 3. The number of nitrogens with zero attached hydrogens (tertiary/aromatic N) is 2. The second kappa shape index (κ2) is 5.46. The fourth-order valence-corrected chi connectivity index (χ4v) is 1.65. The lowest BCUT2D eigenvalue weighted by Crippen LogP contribution is -2.34. The fourth-order valence-electron chi connectivity index (χ4n) is 1.65. The van der Waals surface area contributed by atoms with E-state index in [9.17, 15) is 4.79 Å². The van der Waals surface area contributed by atoms with Gasteiger partial charge in [0.2, 0.25) is 5.91 Å². The number of nitrogens with one attached hydrogen (secondary N) is 1. The van der Waals surface area contributed by atoms with E-state index in [4.69, 9.17) is 5.73 Å². The molecule has 0 aliphatic carbocycles. The van der Waals surface area contributed by atoms with Gasteiger partial charge < -0.3 is 15.6 Å². The lowest BCUT2D eigenvalue weighted by atomic mass is 10.1. The molecule has 1 heterocycles. The molecule has 18 heavy (non-hydrogen) atoms. The zero-order valence-corrected chi connectivity index (χ0v) is 10.2. The van der Waals surface area contributed by atoms with Crippen molar-refractivity contribution in [2.45, 2.75) is 12.6 Å². The minimum Gasteiger partial charge on any atom is -0.347 e. The molecule has 1 aromatic carbocycles. The average Bonchev–Trinajstić information content (AvgIpc) is 2.81. The van der Waals surface area contributed by atoms with Crippen molar-refractivity contribution in [1.82, 2.24) is 14.9 Å². The molecule has 5 heteroatoms. The van der Waals surface area contributed by atoms with Crippen LogP contribution in [0, 0.1) is 0 Å². The molecule has 0 aliphatic rings. The van der Waals surface area contributed by atoms with Crippen LogP contribution in [0.5, 0.6) is 0 Å². The van der Waals surface area contributed by atoms with Crippen LogP contribution in [0.1, 0.15) is 17.4 Å². The van der Waals surface area contributed by atoms with Gasteiger partial charge in [0.25, 0.3) is 0 Å². The van der Waals surface area contributed by atoms with Crippen molar-refractivity contribution < 1.29 is 4.79 Å². The summed E-state index contributed by atoms with van der Waals surface area (Å²) in [5.74, 6) is 0.591. The van der Waals surface area contributed by atoms with Gasteiger partial charge in [0.1, 0.15) is 11.9 Å². The van der Waals surface area contributed by atoms with E-state index in [1.54, 1.807) is 6.20 Å². The van der Waals surface area contributed by atoms with Crippen LogP contribution in [0.3, 0.4) is 0 Å². The van der Waals surface area contributed by atoms with Crippen molar-refractivity contribution in [3.05, 3.63) is 54.1 Å². The molecule has 0 unspecified atom stereocenters. The van der Waals surface area contributed by atoms with Gasteiger partial charge in [-0.25, -0.2) is 4.98 Å². The van der Waals surface area contributed by atoms with Crippen molar-refractivity contribution >= 4 is 5.91 Å². The van der Waals surface area contributed by atoms with Gasteiger partial charge in [-0.15, -0.1) is 0 Å². The zero-order valence-electron chi connectivity index (χ0n) is 10.2. The maximum absolute atomic E-state index is 11.9.